The highest BCUT2D eigenvalue weighted by atomic mass is 15.2. The lowest BCUT2D eigenvalue weighted by Gasteiger charge is -2.23. The Hall–Kier alpha value is -0.910. The van der Waals surface area contributed by atoms with Gasteiger partial charge in [-0.15, -0.1) is 0 Å². The SMILES string of the molecule is C1=CC(C2NCCN2)NC1C1CN=CN1. The van der Waals surface area contributed by atoms with E-state index >= 15 is 0 Å². The Kier molecular flexibility index (Phi) is 2.44. The molecular formula is C10H17N5. The van der Waals surface area contributed by atoms with Gasteiger partial charge in [0.1, 0.15) is 0 Å². The Morgan fingerprint density at radius 3 is 2.60 bits per heavy atom. The molecule has 1 saturated heterocycles. The molecule has 0 aromatic rings. The summed E-state index contributed by atoms with van der Waals surface area (Å²) in [7, 11) is 0. The van der Waals surface area contributed by atoms with Crippen LogP contribution >= 0.6 is 0 Å². The van der Waals surface area contributed by atoms with Crippen molar-refractivity contribution in [2.24, 2.45) is 4.99 Å². The van der Waals surface area contributed by atoms with E-state index in [4.69, 9.17) is 0 Å². The molecule has 4 N–H and O–H groups in total. The van der Waals surface area contributed by atoms with Gasteiger partial charge < -0.3 is 5.32 Å². The maximum absolute atomic E-state index is 4.19. The summed E-state index contributed by atoms with van der Waals surface area (Å²) < 4.78 is 0. The second-order valence-electron chi connectivity index (χ2n) is 4.26. The van der Waals surface area contributed by atoms with Crippen molar-refractivity contribution in [1.29, 1.82) is 0 Å². The van der Waals surface area contributed by atoms with Crippen LogP contribution in [0.3, 0.4) is 0 Å². The van der Waals surface area contributed by atoms with Crippen molar-refractivity contribution in [1.82, 2.24) is 21.3 Å². The van der Waals surface area contributed by atoms with E-state index in [-0.39, 0.29) is 0 Å². The third kappa shape index (κ3) is 1.78. The molecular weight excluding hydrogens is 190 g/mol. The molecule has 1 fully saturated rings. The van der Waals surface area contributed by atoms with Crippen LogP contribution in [0.4, 0.5) is 0 Å². The van der Waals surface area contributed by atoms with E-state index in [9.17, 15) is 0 Å². The molecule has 5 nitrogen and oxygen atoms in total. The predicted molar refractivity (Wildman–Crippen MR) is 59.9 cm³/mol. The molecule has 0 aliphatic carbocycles. The summed E-state index contributed by atoms with van der Waals surface area (Å²) in [5.74, 6) is 0. The van der Waals surface area contributed by atoms with Gasteiger partial charge >= 0.3 is 0 Å². The van der Waals surface area contributed by atoms with E-state index < -0.39 is 0 Å². The maximum Gasteiger partial charge on any atom is 0.0828 e. The normalized spacial score (nSPS) is 40.1. The number of hydrogen-bond acceptors (Lipinski definition) is 5. The molecule has 0 bridgehead atoms. The highest BCUT2D eigenvalue weighted by Gasteiger charge is 2.31. The van der Waals surface area contributed by atoms with E-state index in [0.717, 1.165) is 19.6 Å². The van der Waals surface area contributed by atoms with Crippen molar-refractivity contribution >= 4 is 6.34 Å². The first kappa shape index (κ1) is 9.33. The summed E-state index contributed by atoms with van der Waals surface area (Å²) in [4.78, 5) is 4.19. The molecule has 3 unspecified atom stereocenters. The number of nitrogens with zero attached hydrogens (tertiary/aromatic N) is 1. The van der Waals surface area contributed by atoms with Crippen LogP contribution < -0.4 is 21.3 Å². The average molecular weight is 207 g/mol. The lowest BCUT2D eigenvalue weighted by Crippen LogP contribution is -2.53. The number of aliphatic imine (C=N–C) groups is 1. The van der Waals surface area contributed by atoms with Crippen LogP contribution in [0.2, 0.25) is 0 Å². The predicted octanol–water partition coefficient (Wildman–Crippen LogP) is -1.60. The number of rotatable bonds is 2. The van der Waals surface area contributed by atoms with Crippen LogP contribution in [0, 0.1) is 0 Å². The Bertz CT molecular complexity index is 264. The lowest BCUT2D eigenvalue weighted by molar-refractivity contribution is 0.401. The van der Waals surface area contributed by atoms with Crippen LogP contribution in [0.15, 0.2) is 17.1 Å². The standard InChI is InChI=1S/C10H17N5/c1-2-8(10-12-3-4-13-10)15-7(1)9-5-11-6-14-9/h1-2,6-10,12-13,15H,3-5H2,(H,11,14). The largest absolute Gasteiger partial charge is 0.370 e. The van der Waals surface area contributed by atoms with Gasteiger partial charge in [-0.3, -0.25) is 20.9 Å². The van der Waals surface area contributed by atoms with Crippen molar-refractivity contribution in [3.8, 4) is 0 Å². The Labute approximate surface area is 89.4 Å². The fourth-order valence-electron chi connectivity index (χ4n) is 2.40. The summed E-state index contributed by atoms with van der Waals surface area (Å²) >= 11 is 0. The van der Waals surface area contributed by atoms with E-state index in [1.165, 1.54) is 0 Å². The Morgan fingerprint density at radius 1 is 1.07 bits per heavy atom. The first-order valence-electron chi connectivity index (χ1n) is 5.59. The van der Waals surface area contributed by atoms with Gasteiger partial charge in [-0.05, 0) is 0 Å². The molecule has 0 spiro atoms. The van der Waals surface area contributed by atoms with Crippen molar-refractivity contribution in [3.63, 3.8) is 0 Å². The van der Waals surface area contributed by atoms with E-state index in [2.05, 4.69) is 38.4 Å². The van der Waals surface area contributed by atoms with Gasteiger partial charge in [0, 0.05) is 19.1 Å². The molecule has 0 amide bonds. The minimum absolute atomic E-state index is 0.383. The summed E-state index contributed by atoms with van der Waals surface area (Å²) in [6.07, 6.45) is 6.69. The minimum atomic E-state index is 0.383. The minimum Gasteiger partial charge on any atom is -0.370 e. The topological polar surface area (TPSA) is 60.5 Å². The Morgan fingerprint density at radius 2 is 1.87 bits per heavy atom. The van der Waals surface area contributed by atoms with Crippen molar-refractivity contribution in [2.75, 3.05) is 19.6 Å². The molecule has 0 saturated carbocycles. The van der Waals surface area contributed by atoms with Gasteiger partial charge in [-0.25, -0.2) is 0 Å². The highest BCUT2D eigenvalue weighted by molar-refractivity contribution is 5.57. The first-order valence-corrected chi connectivity index (χ1v) is 5.59. The summed E-state index contributed by atoms with van der Waals surface area (Å²) in [6.45, 7) is 3.00. The monoisotopic (exact) mass is 207 g/mol. The van der Waals surface area contributed by atoms with Gasteiger partial charge in [0.25, 0.3) is 0 Å². The molecule has 82 valence electrons. The zero-order chi connectivity index (χ0) is 10.1. The molecule has 0 aromatic carbocycles. The van der Waals surface area contributed by atoms with Crippen LogP contribution in [0.25, 0.3) is 0 Å². The molecule has 3 aliphatic rings. The van der Waals surface area contributed by atoms with Gasteiger partial charge in [0.05, 0.1) is 31.1 Å². The fraction of sp³-hybridized carbons (Fsp3) is 0.700. The zero-order valence-electron chi connectivity index (χ0n) is 8.61. The van der Waals surface area contributed by atoms with Crippen LogP contribution in [-0.2, 0) is 0 Å². The van der Waals surface area contributed by atoms with E-state index in [0.29, 0.717) is 24.3 Å². The molecule has 0 radical (unpaired) electrons. The quantitative estimate of drug-likeness (QED) is 0.412. The lowest BCUT2D eigenvalue weighted by atomic mass is 10.1. The molecule has 3 heterocycles. The molecule has 0 aromatic heterocycles. The van der Waals surface area contributed by atoms with Crippen LogP contribution in [0.5, 0.6) is 0 Å². The fourth-order valence-corrected chi connectivity index (χ4v) is 2.40. The number of nitrogens with one attached hydrogen (secondary N) is 4. The van der Waals surface area contributed by atoms with Crippen LogP contribution in [0.1, 0.15) is 0 Å². The van der Waals surface area contributed by atoms with Gasteiger partial charge in [0.15, 0.2) is 0 Å². The highest BCUT2D eigenvalue weighted by Crippen LogP contribution is 2.11. The summed E-state index contributed by atoms with van der Waals surface area (Å²) in [5.41, 5.74) is 0. The smallest absolute Gasteiger partial charge is 0.0828 e. The molecule has 5 heteroatoms. The maximum atomic E-state index is 4.19. The number of hydrogen-bond donors (Lipinski definition) is 4. The van der Waals surface area contributed by atoms with Gasteiger partial charge in [-0.1, -0.05) is 12.2 Å². The average Bonchev–Trinajstić information content (AvgIpc) is 3.02. The summed E-state index contributed by atoms with van der Waals surface area (Å²) in [6, 6.07) is 1.23. The first-order chi connectivity index (χ1) is 7.43. The molecule has 3 aliphatic heterocycles. The van der Waals surface area contributed by atoms with E-state index in [1.54, 1.807) is 6.34 Å². The second kappa shape index (κ2) is 3.92. The summed E-state index contributed by atoms with van der Waals surface area (Å²) in [5, 5.41) is 13.7. The van der Waals surface area contributed by atoms with Crippen LogP contribution in [-0.4, -0.2) is 50.3 Å². The molecule has 3 rings (SSSR count). The van der Waals surface area contributed by atoms with E-state index in [1.807, 2.05) is 0 Å². The van der Waals surface area contributed by atoms with Crippen molar-refractivity contribution in [2.45, 2.75) is 24.3 Å². The zero-order valence-corrected chi connectivity index (χ0v) is 8.61. The second-order valence-corrected chi connectivity index (χ2v) is 4.26. The third-order valence-corrected chi connectivity index (χ3v) is 3.24. The van der Waals surface area contributed by atoms with Gasteiger partial charge in [0.2, 0.25) is 0 Å². The van der Waals surface area contributed by atoms with Crippen molar-refractivity contribution in [3.05, 3.63) is 12.2 Å². The molecule has 15 heavy (non-hydrogen) atoms. The third-order valence-electron chi connectivity index (χ3n) is 3.24. The Balaban J connectivity index is 1.56. The van der Waals surface area contributed by atoms with Gasteiger partial charge in [-0.2, -0.15) is 0 Å². The molecule has 3 atom stereocenters. The van der Waals surface area contributed by atoms with Crippen molar-refractivity contribution < 1.29 is 0 Å².